The van der Waals surface area contributed by atoms with Gasteiger partial charge < -0.3 is 0 Å². The van der Waals surface area contributed by atoms with E-state index < -0.39 is 0 Å². The summed E-state index contributed by atoms with van der Waals surface area (Å²) in [4.78, 5) is 11.8. The zero-order valence-corrected chi connectivity index (χ0v) is 8.98. The standard InChI is InChI=1S/C12H18O/c1-7-8(2)11(13)10-6-12(3,4)5-9(7)10/h9-10H,5-6H2,1-4H3. The molecule has 0 amide bonds. The van der Waals surface area contributed by atoms with Crippen LogP contribution in [-0.4, -0.2) is 5.78 Å². The molecule has 2 unspecified atom stereocenters. The zero-order chi connectivity index (χ0) is 9.80. The van der Waals surface area contributed by atoms with E-state index >= 15 is 0 Å². The van der Waals surface area contributed by atoms with Crippen LogP contribution in [0.15, 0.2) is 11.1 Å². The molecule has 0 spiro atoms. The molecular formula is C12H18O. The monoisotopic (exact) mass is 178 g/mol. The summed E-state index contributed by atoms with van der Waals surface area (Å²) in [6.07, 6.45) is 2.29. The number of hydrogen-bond acceptors (Lipinski definition) is 1. The minimum atomic E-state index is 0.329. The van der Waals surface area contributed by atoms with Crippen LogP contribution >= 0.6 is 0 Å². The third-order valence-corrected chi connectivity index (χ3v) is 3.88. The van der Waals surface area contributed by atoms with Gasteiger partial charge in [0.15, 0.2) is 5.78 Å². The summed E-state index contributed by atoms with van der Waals surface area (Å²) in [6, 6.07) is 0. The number of allylic oxidation sites excluding steroid dienone is 2. The quantitative estimate of drug-likeness (QED) is 0.557. The Hall–Kier alpha value is -0.590. The summed E-state index contributed by atoms with van der Waals surface area (Å²) in [5, 5.41) is 0. The van der Waals surface area contributed by atoms with Crippen molar-refractivity contribution in [3.05, 3.63) is 11.1 Å². The fourth-order valence-corrected chi connectivity index (χ4v) is 3.04. The summed E-state index contributed by atoms with van der Waals surface area (Å²) in [6.45, 7) is 8.69. The van der Waals surface area contributed by atoms with Gasteiger partial charge in [-0.3, -0.25) is 4.79 Å². The van der Waals surface area contributed by atoms with E-state index in [2.05, 4.69) is 20.8 Å². The molecule has 13 heavy (non-hydrogen) atoms. The summed E-state index contributed by atoms with van der Waals surface area (Å²) >= 11 is 0. The molecule has 0 aromatic rings. The second-order valence-electron chi connectivity index (χ2n) is 5.46. The van der Waals surface area contributed by atoms with Crippen molar-refractivity contribution in [3.63, 3.8) is 0 Å². The molecule has 0 heterocycles. The van der Waals surface area contributed by atoms with Gasteiger partial charge in [-0.05, 0) is 43.6 Å². The van der Waals surface area contributed by atoms with Gasteiger partial charge in [0.2, 0.25) is 0 Å². The van der Waals surface area contributed by atoms with Crippen molar-refractivity contribution in [1.82, 2.24) is 0 Å². The molecule has 0 N–H and O–H groups in total. The maximum atomic E-state index is 11.8. The molecule has 0 bridgehead atoms. The van der Waals surface area contributed by atoms with Crippen LogP contribution in [0.4, 0.5) is 0 Å². The topological polar surface area (TPSA) is 17.1 Å². The van der Waals surface area contributed by atoms with E-state index in [0.717, 1.165) is 12.0 Å². The van der Waals surface area contributed by atoms with E-state index in [4.69, 9.17) is 0 Å². The van der Waals surface area contributed by atoms with E-state index in [1.807, 2.05) is 6.92 Å². The Kier molecular flexibility index (Phi) is 1.70. The van der Waals surface area contributed by atoms with E-state index in [1.165, 1.54) is 12.0 Å². The lowest BCUT2D eigenvalue weighted by atomic mass is 9.88. The van der Waals surface area contributed by atoms with Gasteiger partial charge in [-0.15, -0.1) is 0 Å². The van der Waals surface area contributed by atoms with Crippen molar-refractivity contribution in [2.24, 2.45) is 17.3 Å². The number of Topliss-reactive ketones (excluding diaryl/α,β-unsaturated/α-hetero) is 1. The van der Waals surface area contributed by atoms with Crippen LogP contribution in [0, 0.1) is 17.3 Å². The molecule has 1 saturated carbocycles. The first kappa shape index (κ1) is 8.98. The Morgan fingerprint density at radius 3 is 2.23 bits per heavy atom. The van der Waals surface area contributed by atoms with Gasteiger partial charge in [0.25, 0.3) is 0 Å². The van der Waals surface area contributed by atoms with Gasteiger partial charge in [-0.1, -0.05) is 19.4 Å². The number of fused-ring (bicyclic) bond motifs is 1. The molecule has 72 valence electrons. The van der Waals surface area contributed by atoms with Crippen molar-refractivity contribution in [2.45, 2.75) is 40.5 Å². The number of ketones is 1. The highest BCUT2D eigenvalue weighted by Gasteiger charge is 2.47. The first-order valence-electron chi connectivity index (χ1n) is 5.14. The Balaban J connectivity index is 2.33. The predicted octanol–water partition coefficient (Wildman–Crippen LogP) is 2.96. The number of carbonyl (C=O) groups excluding carboxylic acids is 1. The van der Waals surface area contributed by atoms with E-state index in [0.29, 0.717) is 23.0 Å². The van der Waals surface area contributed by atoms with Crippen LogP contribution in [0.3, 0.4) is 0 Å². The summed E-state index contributed by atoms with van der Waals surface area (Å²) in [5.41, 5.74) is 2.79. The Bertz CT molecular complexity index is 296. The SMILES string of the molecule is CC1=C(C)C2CC(C)(C)CC2C1=O. The molecule has 1 heteroatoms. The number of carbonyl (C=O) groups is 1. The van der Waals surface area contributed by atoms with Crippen molar-refractivity contribution in [2.75, 3.05) is 0 Å². The van der Waals surface area contributed by atoms with Gasteiger partial charge in [0, 0.05) is 5.92 Å². The molecule has 2 rings (SSSR count). The normalized spacial score (nSPS) is 37.1. The largest absolute Gasteiger partial charge is 0.294 e. The fourth-order valence-electron chi connectivity index (χ4n) is 3.04. The highest BCUT2D eigenvalue weighted by Crippen LogP contribution is 2.52. The molecule has 0 saturated heterocycles. The summed E-state index contributed by atoms with van der Waals surface area (Å²) < 4.78 is 0. The molecule has 1 nitrogen and oxygen atoms in total. The molecular weight excluding hydrogens is 160 g/mol. The molecule has 0 aromatic heterocycles. The third kappa shape index (κ3) is 1.17. The predicted molar refractivity (Wildman–Crippen MR) is 53.4 cm³/mol. The minimum Gasteiger partial charge on any atom is -0.294 e. The molecule has 2 aliphatic carbocycles. The van der Waals surface area contributed by atoms with Crippen molar-refractivity contribution in [3.8, 4) is 0 Å². The molecule has 2 aliphatic rings. The first-order valence-corrected chi connectivity index (χ1v) is 5.14. The van der Waals surface area contributed by atoms with Crippen LogP contribution < -0.4 is 0 Å². The Labute approximate surface area is 80.2 Å². The van der Waals surface area contributed by atoms with Gasteiger partial charge >= 0.3 is 0 Å². The van der Waals surface area contributed by atoms with Crippen LogP contribution in [0.5, 0.6) is 0 Å². The highest BCUT2D eigenvalue weighted by molar-refractivity contribution is 6.00. The molecule has 0 aromatic carbocycles. The fraction of sp³-hybridized carbons (Fsp3) is 0.750. The number of rotatable bonds is 0. The Morgan fingerprint density at radius 2 is 1.69 bits per heavy atom. The van der Waals surface area contributed by atoms with E-state index in [-0.39, 0.29) is 0 Å². The Morgan fingerprint density at radius 1 is 1.15 bits per heavy atom. The van der Waals surface area contributed by atoms with Crippen molar-refractivity contribution >= 4 is 5.78 Å². The third-order valence-electron chi connectivity index (χ3n) is 3.88. The smallest absolute Gasteiger partial charge is 0.162 e. The van der Waals surface area contributed by atoms with Crippen molar-refractivity contribution in [1.29, 1.82) is 0 Å². The number of hydrogen-bond donors (Lipinski definition) is 0. The minimum absolute atomic E-state index is 0.329. The van der Waals surface area contributed by atoms with Crippen LogP contribution in [0.1, 0.15) is 40.5 Å². The maximum Gasteiger partial charge on any atom is 0.162 e. The van der Waals surface area contributed by atoms with Gasteiger partial charge in [0.05, 0.1) is 0 Å². The van der Waals surface area contributed by atoms with Crippen LogP contribution in [0.25, 0.3) is 0 Å². The van der Waals surface area contributed by atoms with E-state index in [1.54, 1.807) is 0 Å². The van der Waals surface area contributed by atoms with Gasteiger partial charge in [0.1, 0.15) is 0 Å². The lowest BCUT2D eigenvalue weighted by Crippen LogP contribution is -2.12. The second kappa shape index (κ2) is 2.46. The zero-order valence-electron chi connectivity index (χ0n) is 8.98. The lowest BCUT2D eigenvalue weighted by molar-refractivity contribution is -0.118. The summed E-state index contributed by atoms with van der Waals surface area (Å²) in [5.74, 6) is 1.32. The van der Waals surface area contributed by atoms with Gasteiger partial charge in [-0.2, -0.15) is 0 Å². The van der Waals surface area contributed by atoms with E-state index in [9.17, 15) is 4.79 Å². The molecule has 1 fully saturated rings. The average molecular weight is 178 g/mol. The first-order chi connectivity index (χ1) is 5.92. The van der Waals surface area contributed by atoms with Crippen molar-refractivity contribution < 1.29 is 4.79 Å². The summed E-state index contributed by atoms with van der Waals surface area (Å²) in [7, 11) is 0. The highest BCUT2D eigenvalue weighted by atomic mass is 16.1. The van der Waals surface area contributed by atoms with Crippen LogP contribution in [0.2, 0.25) is 0 Å². The second-order valence-corrected chi connectivity index (χ2v) is 5.46. The maximum absolute atomic E-state index is 11.8. The van der Waals surface area contributed by atoms with Gasteiger partial charge in [-0.25, -0.2) is 0 Å². The molecule has 2 atom stereocenters. The van der Waals surface area contributed by atoms with Crippen LogP contribution in [-0.2, 0) is 4.79 Å². The molecule has 0 radical (unpaired) electrons. The lowest BCUT2D eigenvalue weighted by Gasteiger charge is -2.17. The average Bonchev–Trinajstić information content (AvgIpc) is 2.44. The molecule has 0 aliphatic heterocycles.